The first-order valence-corrected chi connectivity index (χ1v) is 12.5. The topological polar surface area (TPSA) is 66.8 Å². The number of thiophene rings is 1. The quantitative estimate of drug-likeness (QED) is 0.216. The third-order valence-electron chi connectivity index (χ3n) is 6.41. The van der Waals surface area contributed by atoms with Crippen LogP contribution in [0.5, 0.6) is 5.75 Å². The van der Waals surface area contributed by atoms with Crippen molar-refractivity contribution < 1.29 is 32.6 Å². The lowest BCUT2D eigenvalue weighted by Crippen LogP contribution is -2.29. The van der Waals surface area contributed by atoms with Gasteiger partial charge in [-0.25, -0.2) is 0 Å². The zero-order valence-electron chi connectivity index (χ0n) is 20.7. The Balaban J connectivity index is 1.86. The highest BCUT2D eigenvalue weighted by atomic mass is 32.1. The highest BCUT2D eigenvalue weighted by Gasteiger charge is 2.47. The number of carbonyl (C=O) groups is 2. The molecule has 0 bridgehead atoms. The smallest absolute Gasteiger partial charge is 0.416 e. The zero-order valence-corrected chi connectivity index (χ0v) is 21.5. The van der Waals surface area contributed by atoms with Crippen molar-refractivity contribution in [3.63, 3.8) is 0 Å². The van der Waals surface area contributed by atoms with Gasteiger partial charge in [-0.15, -0.1) is 11.3 Å². The summed E-state index contributed by atoms with van der Waals surface area (Å²) in [6.07, 6.45) is -4.54. The Morgan fingerprint density at radius 1 is 1.14 bits per heavy atom. The average molecular weight is 530 g/mol. The molecular formula is C28H26F3NO4S. The number of halogens is 3. The molecule has 1 unspecified atom stereocenters. The number of rotatable bonds is 6. The molecule has 5 nitrogen and oxygen atoms in total. The predicted molar refractivity (Wildman–Crippen MR) is 135 cm³/mol. The third kappa shape index (κ3) is 5.00. The molecule has 0 radical (unpaired) electrons. The van der Waals surface area contributed by atoms with Gasteiger partial charge in [-0.3, -0.25) is 9.59 Å². The van der Waals surface area contributed by atoms with Crippen molar-refractivity contribution in [2.45, 2.75) is 45.5 Å². The van der Waals surface area contributed by atoms with Gasteiger partial charge in [0.15, 0.2) is 0 Å². The summed E-state index contributed by atoms with van der Waals surface area (Å²) in [5.74, 6) is -1.40. The Kier molecular flexibility index (Phi) is 7.19. The lowest BCUT2D eigenvalue weighted by molar-refractivity contribution is -0.140. The normalized spacial score (nSPS) is 17.6. The summed E-state index contributed by atoms with van der Waals surface area (Å²) in [5.41, 5.74) is 1.14. The first kappa shape index (κ1) is 26.5. The van der Waals surface area contributed by atoms with Crippen molar-refractivity contribution in [3.05, 3.63) is 92.2 Å². The molecule has 2 aromatic carbocycles. The summed E-state index contributed by atoms with van der Waals surface area (Å²) < 4.78 is 45.3. The van der Waals surface area contributed by atoms with Gasteiger partial charge in [-0.1, -0.05) is 32.0 Å². The molecule has 194 valence electrons. The molecule has 1 atom stereocenters. The molecular weight excluding hydrogens is 503 g/mol. The fourth-order valence-corrected chi connectivity index (χ4v) is 5.40. The molecule has 1 aliphatic heterocycles. The van der Waals surface area contributed by atoms with Crippen LogP contribution in [0.3, 0.4) is 0 Å². The van der Waals surface area contributed by atoms with Crippen LogP contribution >= 0.6 is 11.3 Å². The van der Waals surface area contributed by atoms with E-state index in [9.17, 15) is 27.9 Å². The monoisotopic (exact) mass is 529 g/mol. The molecule has 0 spiro atoms. The molecule has 9 heteroatoms. The van der Waals surface area contributed by atoms with Crippen LogP contribution in [0.25, 0.3) is 5.76 Å². The first-order chi connectivity index (χ1) is 17.4. The number of benzene rings is 2. The van der Waals surface area contributed by atoms with Crippen molar-refractivity contribution >= 4 is 28.8 Å². The molecule has 1 fully saturated rings. The molecule has 1 saturated heterocycles. The molecule has 3 aromatic rings. The van der Waals surface area contributed by atoms with Crippen LogP contribution in [0.4, 0.5) is 13.2 Å². The van der Waals surface area contributed by atoms with Gasteiger partial charge < -0.3 is 14.7 Å². The Hall–Kier alpha value is -3.59. The lowest BCUT2D eigenvalue weighted by Gasteiger charge is -2.25. The van der Waals surface area contributed by atoms with Gasteiger partial charge in [0, 0.05) is 17.0 Å². The van der Waals surface area contributed by atoms with E-state index in [0.717, 1.165) is 17.7 Å². The lowest BCUT2D eigenvalue weighted by atomic mass is 9.92. The number of Topliss-reactive ketones (excluding diaryl/α,β-unsaturated/α-hetero) is 1. The second-order valence-corrected chi connectivity index (χ2v) is 10.2. The number of alkyl halides is 3. The Morgan fingerprint density at radius 3 is 2.46 bits per heavy atom. The van der Waals surface area contributed by atoms with E-state index in [1.165, 1.54) is 28.4 Å². The summed E-state index contributed by atoms with van der Waals surface area (Å²) in [6, 6.07) is 10.7. The van der Waals surface area contributed by atoms with Gasteiger partial charge in [0.05, 0.1) is 24.3 Å². The average Bonchev–Trinajstić information content (AvgIpc) is 3.46. The maximum Gasteiger partial charge on any atom is 0.416 e. The second kappa shape index (κ2) is 10.0. The SMILES string of the molecule is COc1cc(C)c(/C(O)=C2\C(=O)C(=O)N(Cc3cccc(C(F)(F)F)c3)C2c2cccs2)cc1C(C)C. The summed E-state index contributed by atoms with van der Waals surface area (Å²) in [5, 5.41) is 13.2. The number of aryl methyl sites for hydroxylation is 1. The number of hydrogen-bond donors (Lipinski definition) is 1. The number of aliphatic hydroxyl groups excluding tert-OH is 1. The maximum atomic E-state index is 13.3. The fraction of sp³-hybridized carbons (Fsp3) is 0.286. The number of nitrogens with zero attached hydrogens (tertiary/aromatic N) is 1. The molecule has 1 aliphatic rings. The number of ether oxygens (including phenoxy) is 1. The van der Waals surface area contributed by atoms with Crippen molar-refractivity contribution in [1.29, 1.82) is 0 Å². The highest BCUT2D eigenvalue weighted by Crippen LogP contribution is 2.43. The van der Waals surface area contributed by atoms with Crippen LogP contribution in [0, 0.1) is 6.92 Å². The largest absolute Gasteiger partial charge is 0.507 e. The minimum atomic E-state index is -4.54. The molecule has 2 heterocycles. The summed E-state index contributed by atoms with van der Waals surface area (Å²) in [6.45, 7) is 5.47. The van der Waals surface area contributed by atoms with E-state index in [0.29, 0.717) is 21.8 Å². The summed E-state index contributed by atoms with van der Waals surface area (Å²) in [4.78, 5) is 28.3. The fourth-order valence-electron chi connectivity index (χ4n) is 4.55. The molecule has 4 rings (SSSR count). The third-order valence-corrected chi connectivity index (χ3v) is 7.34. The van der Waals surface area contributed by atoms with Crippen molar-refractivity contribution in [3.8, 4) is 5.75 Å². The number of hydrogen-bond acceptors (Lipinski definition) is 5. The summed E-state index contributed by atoms with van der Waals surface area (Å²) >= 11 is 1.29. The molecule has 37 heavy (non-hydrogen) atoms. The number of methoxy groups -OCH3 is 1. The Bertz CT molecular complexity index is 1380. The van der Waals surface area contributed by atoms with Crippen LogP contribution in [0.2, 0.25) is 0 Å². The minimum Gasteiger partial charge on any atom is -0.507 e. The van der Waals surface area contributed by atoms with Crippen molar-refractivity contribution in [2.75, 3.05) is 7.11 Å². The van der Waals surface area contributed by atoms with Gasteiger partial charge in [0.2, 0.25) is 0 Å². The Morgan fingerprint density at radius 2 is 1.86 bits per heavy atom. The predicted octanol–water partition coefficient (Wildman–Crippen LogP) is 6.83. The van der Waals surface area contributed by atoms with Crippen molar-refractivity contribution in [1.82, 2.24) is 4.90 Å². The van der Waals surface area contributed by atoms with E-state index in [1.807, 2.05) is 13.8 Å². The van der Waals surface area contributed by atoms with E-state index >= 15 is 0 Å². The number of carbonyl (C=O) groups excluding carboxylic acids is 2. The number of aliphatic hydroxyl groups is 1. The highest BCUT2D eigenvalue weighted by molar-refractivity contribution is 7.10. The second-order valence-electron chi connectivity index (χ2n) is 9.20. The Labute approximate surface area is 216 Å². The summed E-state index contributed by atoms with van der Waals surface area (Å²) in [7, 11) is 1.55. The van der Waals surface area contributed by atoms with Gasteiger partial charge >= 0.3 is 6.18 Å². The van der Waals surface area contributed by atoms with Crippen LogP contribution in [0.1, 0.15) is 58.5 Å². The van der Waals surface area contributed by atoms with Crippen LogP contribution in [-0.2, 0) is 22.3 Å². The molecule has 0 saturated carbocycles. The number of amides is 1. The first-order valence-electron chi connectivity index (χ1n) is 11.6. The van der Waals surface area contributed by atoms with Gasteiger partial charge in [0.1, 0.15) is 11.5 Å². The van der Waals surface area contributed by atoms with E-state index in [1.54, 1.807) is 43.7 Å². The molecule has 1 amide bonds. The van der Waals surface area contributed by atoms with E-state index in [-0.39, 0.29) is 29.4 Å². The van der Waals surface area contributed by atoms with Crippen LogP contribution in [-0.4, -0.2) is 28.8 Å². The van der Waals surface area contributed by atoms with Crippen molar-refractivity contribution in [2.24, 2.45) is 0 Å². The molecule has 1 aromatic heterocycles. The van der Waals surface area contributed by atoms with E-state index in [2.05, 4.69) is 0 Å². The van der Waals surface area contributed by atoms with Gasteiger partial charge in [-0.05, 0) is 65.2 Å². The molecule has 0 aliphatic carbocycles. The van der Waals surface area contributed by atoms with E-state index < -0.39 is 29.5 Å². The van der Waals surface area contributed by atoms with Crippen LogP contribution in [0.15, 0.2) is 59.5 Å². The standard InChI is InChI=1S/C28H26F3NO4S/c1-15(2)19-13-20(16(3)11-21(19)36-4)25(33)23-24(22-9-6-10-37-22)32(27(35)26(23)34)14-17-7-5-8-18(12-17)28(29,30)31/h5-13,15,24,33H,14H2,1-4H3/b25-23+. The van der Waals surface area contributed by atoms with E-state index in [4.69, 9.17) is 4.74 Å². The number of ketones is 1. The van der Waals surface area contributed by atoms with Gasteiger partial charge in [0.25, 0.3) is 11.7 Å². The number of likely N-dealkylation sites (tertiary alicyclic amines) is 1. The van der Waals surface area contributed by atoms with Gasteiger partial charge in [-0.2, -0.15) is 13.2 Å². The van der Waals surface area contributed by atoms with Crippen LogP contribution < -0.4 is 4.74 Å². The maximum absolute atomic E-state index is 13.3. The molecule has 1 N–H and O–H groups in total. The zero-order chi connectivity index (χ0) is 27.1. The minimum absolute atomic E-state index is 0.0542.